The zero-order valence-electron chi connectivity index (χ0n) is 8.83. The largest absolute Gasteiger partial charge is 0.434 e. The van der Waals surface area contributed by atoms with Crippen LogP contribution in [0.1, 0.15) is 0 Å². The minimum Gasteiger partial charge on any atom is -0.434 e. The zero-order chi connectivity index (χ0) is 13.1. The van der Waals surface area contributed by atoms with Crippen molar-refractivity contribution in [2.24, 2.45) is 0 Å². The predicted octanol–water partition coefficient (Wildman–Crippen LogP) is 3.43. The van der Waals surface area contributed by atoms with Crippen LogP contribution in [-0.2, 0) is 0 Å². The van der Waals surface area contributed by atoms with E-state index in [0.717, 1.165) is 12.3 Å². The predicted molar refractivity (Wildman–Crippen MR) is 55.1 cm³/mol. The highest BCUT2D eigenvalue weighted by Gasteiger charge is 2.10. The Kier molecular flexibility index (Phi) is 3.45. The Bertz CT molecular complexity index is 560. The van der Waals surface area contributed by atoms with Gasteiger partial charge in [-0.05, 0) is 12.1 Å². The lowest BCUT2D eigenvalue weighted by atomic mass is 10.1. The first kappa shape index (κ1) is 12.3. The van der Waals surface area contributed by atoms with Gasteiger partial charge in [-0.1, -0.05) is 6.07 Å². The fourth-order valence-corrected chi connectivity index (χ4v) is 1.38. The van der Waals surface area contributed by atoms with Crippen LogP contribution in [0, 0.1) is 17.7 Å². The number of hydrogen-bond donors (Lipinski definition) is 0. The first-order valence-corrected chi connectivity index (χ1v) is 4.84. The minimum absolute atomic E-state index is 0.149. The van der Waals surface area contributed by atoms with E-state index in [0.29, 0.717) is 6.07 Å². The molecular weight excluding hydrogens is 250 g/mol. The van der Waals surface area contributed by atoms with Crippen molar-refractivity contribution in [1.29, 1.82) is 0 Å². The van der Waals surface area contributed by atoms with Crippen LogP contribution in [0.25, 0.3) is 11.3 Å². The fraction of sp³-hybridized carbons (Fsp3) is 0.0833. The molecule has 0 aliphatic carbocycles. The highest BCUT2D eigenvalue weighted by atomic mass is 19.3. The van der Waals surface area contributed by atoms with E-state index in [-0.39, 0.29) is 17.0 Å². The van der Waals surface area contributed by atoms with E-state index in [2.05, 4.69) is 15.8 Å². The third kappa shape index (κ3) is 2.77. The summed E-state index contributed by atoms with van der Waals surface area (Å²) >= 11 is 0. The van der Waals surface area contributed by atoms with E-state index in [1.807, 2.05) is 0 Å². The van der Waals surface area contributed by atoms with Crippen LogP contribution in [0.2, 0.25) is 0 Å². The lowest BCUT2D eigenvalue weighted by molar-refractivity contribution is -0.0499. The van der Waals surface area contributed by atoms with Gasteiger partial charge in [0.15, 0.2) is 5.82 Å². The lowest BCUT2D eigenvalue weighted by Crippen LogP contribution is -2.02. The summed E-state index contributed by atoms with van der Waals surface area (Å²) in [7, 11) is 0. The highest BCUT2D eigenvalue weighted by molar-refractivity contribution is 5.61. The maximum absolute atomic E-state index is 13.4. The molecule has 1 aromatic carbocycles. The molecule has 0 bridgehead atoms. The second-order valence-corrected chi connectivity index (χ2v) is 3.30. The number of alkyl halides is 2. The molecule has 18 heavy (non-hydrogen) atoms. The second kappa shape index (κ2) is 5.03. The Balaban J connectivity index is 2.38. The summed E-state index contributed by atoms with van der Waals surface area (Å²) in [5, 5.41) is 0. The molecule has 1 heterocycles. The monoisotopic (exact) mass is 256 g/mol. The van der Waals surface area contributed by atoms with E-state index in [1.54, 1.807) is 0 Å². The highest BCUT2D eigenvalue weighted by Crippen LogP contribution is 2.25. The number of aromatic nitrogens is 1. The summed E-state index contributed by atoms with van der Waals surface area (Å²) in [5.41, 5.74) is 0.0476. The van der Waals surface area contributed by atoms with Gasteiger partial charge in [-0.2, -0.15) is 8.78 Å². The molecule has 6 heteroatoms. The molecule has 0 atom stereocenters. The van der Waals surface area contributed by atoms with E-state index in [4.69, 9.17) is 0 Å². The number of ether oxygens (including phenoxy) is 1. The molecule has 0 aliphatic rings. The Labute approximate surface area is 99.8 Å². The van der Waals surface area contributed by atoms with E-state index in [9.17, 15) is 17.6 Å². The molecule has 0 unspecified atom stereocenters. The van der Waals surface area contributed by atoms with Crippen molar-refractivity contribution in [2.45, 2.75) is 6.61 Å². The molecular formula is C12H6F4NO. The molecule has 0 fully saturated rings. The number of hydrogen-bond acceptors (Lipinski definition) is 2. The summed E-state index contributed by atoms with van der Waals surface area (Å²) in [6.07, 6.45) is 0.836. The third-order valence-electron chi connectivity index (χ3n) is 2.07. The van der Waals surface area contributed by atoms with E-state index >= 15 is 0 Å². The van der Waals surface area contributed by atoms with Gasteiger partial charge in [0.25, 0.3) is 0 Å². The van der Waals surface area contributed by atoms with Crippen molar-refractivity contribution in [3.05, 3.63) is 48.2 Å². The zero-order valence-corrected chi connectivity index (χ0v) is 8.83. The second-order valence-electron chi connectivity index (χ2n) is 3.30. The lowest BCUT2D eigenvalue weighted by Gasteiger charge is -2.06. The maximum atomic E-state index is 13.4. The van der Waals surface area contributed by atoms with Gasteiger partial charge >= 0.3 is 6.61 Å². The van der Waals surface area contributed by atoms with Gasteiger partial charge in [0, 0.05) is 17.7 Å². The summed E-state index contributed by atoms with van der Waals surface area (Å²) in [6, 6.07) is 6.92. The SMILES string of the molecule is Fc1cnc(-c2cc[c]c(OC(F)F)c2)c(F)c1. The molecule has 2 aromatic rings. The minimum atomic E-state index is -3.00. The van der Waals surface area contributed by atoms with Gasteiger partial charge in [0.2, 0.25) is 0 Å². The Hall–Kier alpha value is -2.11. The van der Waals surface area contributed by atoms with Crippen molar-refractivity contribution >= 4 is 0 Å². The molecule has 0 saturated carbocycles. The van der Waals surface area contributed by atoms with Crippen molar-refractivity contribution in [1.82, 2.24) is 4.98 Å². The van der Waals surface area contributed by atoms with Crippen LogP contribution in [0.15, 0.2) is 30.5 Å². The van der Waals surface area contributed by atoms with Gasteiger partial charge in [-0.25, -0.2) is 8.78 Å². The standard InChI is InChI=1S/C12H6F4NO/c13-8-5-10(14)11(17-6-8)7-2-1-3-9(4-7)18-12(15)16/h1-2,4-6,12H. The molecule has 93 valence electrons. The summed E-state index contributed by atoms with van der Waals surface area (Å²) in [4.78, 5) is 3.56. The molecule has 2 rings (SSSR count). The number of pyridine rings is 1. The molecule has 2 nitrogen and oxygen atoms in total. The van der Waals surface area contributed by atoms with Crippen LogP contribution in [0.5, 0.6) is 5.75 Å². The van der Waals surface area contributed by atoms with Crippen molar-refractivity contribution in [3.63, 3.8) is 0 Å². The number of benzene rings is 1. The Morgan fingerprint density at radius 3 is 2.67 bits per heavy atom. The molecule has 1 radical (unpaired) electrons. The number of halogens is 4. The average molecular weight is 256 g/mol. The van der Waals surface area contributed by atoms with Crippen LogP contribution in [-0.4, -0.2) is 11.6 Å². The van der Waals surface area contributed by atoms with Crippen LogP contribution in [0.4, 0.5) is 17.6 Å². The van der Waals surface area contributed by atoms with E-state index < -0.39 is 18.2 Å². The molecule has 0 N–H and O–H groups in total. The number of rotatable bonds is 3. The normalized spacial score (nSPS) is 10.7. The molecule has 1 aromatic heterocycles. The van der Waals surface area contributed by atoms with Gasteiger partial charge in [0.05, 0.1) is 6.20 Å². The maximum Gasteiger partial charge on any atom is 0.387 e. The van der Waals surface area contributed by atoms with Gasteiger partial charge in [-0.3, -0.25) is 4.98 Å². The summed E-state index contributed by atoms with van der Waals surface area (Å²) in [5.74, 6) is -1.94. The van der Waals surface area contributed by atoms with Crippen molar-refractivity contribution < 1.29 is 22.3 Å². The van der Waals surface area contributed by atoms with Crippen molar-refractivity contribution in [2.75, 3.05) is 0 Å². The average Bonchev–Trinajstić information content (AvgIpc) is 2.28. The molecule has 0 saturated heterocycles. The smallest absolute Gasteiger partial charge is 0.387 e. The van der Waals surface area contributed by atoms with Crippen molar-refractivity contribution in [3.8, 4) is 17.0 Å². The van der Waals surface area contributed by atoms with Crippen LogP contribution < -0.4 is 4.74 Å². The first-order chi connectivity index (χ1) is 8.56. The topological polar surface area (TPSA) is 22.1 Å². The van der Waals surface area contributed by atoms with E-state index in [1.165, 1.54) is 12.1 Å². The number of nitrogens with zero attached hydrogens (tertiary/aromatic N) is 1. The quantitative estimate of drug-likeness (QED) is 0.785. The first-order valence-electron chi connectivity index (χ1n) is 4.84. The molecule has 0 amide bonds. The van der Waals surface area contributed by atoms with Crippen LogP contribution in [0.3, 0.4) is 0 Å². The Morgan fingerprint density at radius 2 is 2.00 bits per heavy atom. The third-order valence-corrected chi connectivity index (χ3v) is 2.07. The van der Waals surface area contributed by atoms with Crippen LogP contribution >= 0.6 is 0 Å². The van der Waals surface area contributed by atoms with Gasteiger partial charge < -0.3 is 4.74 Å². The van der Waals surface area contributed by atoms with Gasteiger partial charge in [0.1, 0.15) is 17.3 Å². The summed E-state index contributed by atoms with van der Waals surface area (Å²) in [6.45, 7) is -3.00. The van der Waals surface area contributed by atoms with Gasteiger partial charge in [-0.15, -0.1) is 0 Å². The summed E-state index contributed by atoms with van der Waals surface area (Å²) < 4.78 is 54.2. The molecule has 0 spiro atoms. The molecule has 0 aliphatic heterocycles. The Morgan fingerprint density at radius 1 is 1.22 bits per heavy atom. The fourth-order valence-electron chi connectivity index (χ4n) is 1.38.